The number of hydrogen-bond acceptors (Lipinski definition) is 5. The molecule has 0 aliphatic rings. The van der Waals surface area contributed by atoms with Crippen LogP contribution in [-0.2, 0) is 9.53 Å². The zero-order valence-electron chi connectivity index (χ0n) is 14.4. The average Bonchev–Trinajstić information content (AvgIpc) is 3.19. The summed E-state index contributed by atoms with van der Waals surface area (Å²) in [7, 11) is 0. The largest absolute Gasteiger partial charge is 0.451 e. The number of ether oxygens (including phenoxy) is 1. The van der Waals surface area contributed by atoms with Crippen LogP contribution >= 0.6 is 22.9 Å². The summed E-state index contributed by atoms with van der Waals surface area (Å²) in [6.45, 7) is 4.12. The minimum Gasteiger partial charge on any atom is -0.451 e. The van der Waals surface area contributed by atoms with E-state index in [1.165, 1.54) is 11.3 Å². The summed E-state index contributed by atoms with van der Waals surface area (Å²) in [5.41, 5.74) is 1.67. The summed E-state index contributed by atoms with van der Waals surface area (Å²) in [4.78, 5) is 25.1. The highest BCUT2D eigenvalue weighted by Gasteiger charge is 2.18. The Kier molecular flexibility index (Phi) is 5.58. The minimum atomic E-state index is -0.514. The summed E-state index contributed by atoms with van der Waals surface area (Å²) in [6.07, 6.45) is 0.830. The Hall–Kier alpha value is -2.38. The molecule has 0 saturated carbocycles. The van der Waals surface area contributed by atoms with Gasteiger partial charge in [-0.1, -0.05) is 18.5 Å². The molecule has 0 bridgehead atoms. The van der Waals surface area contributed by atoms with Crippen LogP contribution in [0.3, 0.4) is 0 Å². The first-order chi connectivity index (χ1) is 12.5. The molecule has 0 aliphatic carbocycles. The molecule has 1 amide bonds. The molecule has 8 heteroatoms. The van der Waals surface area contributed by atoms with Gasteiger partial charge in [-0.05, 0) is 43.7 Å². The van der Waals surface area contributed by atoms with Crippen LogP contribution in [-0.4, -0.2) is 34.8 Å². The molecule has 0 atom stereocenters. The van der Waals surface area contributed by atoms with E-state index in [1.807, 2.05) is 26.0 Å². The number of hydrogen-bond donors (Lipinski definition) is 1. The normalized spacial score (nSPS) is 10.9. The molecule has 6 nitrogen and oxygen atoms in total. The molecule has 0 spiro atoms. The third-order valence-electron chi connectivity index (χ3n) is 3.72. The van der Waals surface area contributed by atoms with Crippen molar-refractivity contribution in [1.29, 1.82) is 0 Å². The lowest BCUT2D eigenvalue weighted by Crippen LogP contribution is -2.29. The minimum absolute atomic E-state index is 0.282. The highest BCUT2D eigenvalue weighted by Crippen LogP contribution is 2.31. The molecule has 0 unspecified atom stereocenters. The van der Waals surface area contributed by atoms with E-state index < -0.39 is 5.97 Å². The number of thiophene rings is 1. The van der Waals surface area contributed by atoms with E-state index in [-0.39, 0.29) is 12.5 Å². The van der Waals surface area contributed by atoms with E-state index in [9.17, 15) is 9.59 Å². The number of nitrogens with one attached hydrogen (secondary N) is 1. The van der Waals surface area contributed by atoms with Gasteiger partial charge in [0.1, 0.15) is 9.71 Å². The number of carbonyl (C=O) groups is 2. The van der Waals surface area contributed by atoms with Gasteiger partial charge in [-0.15, -0.1) is 11.3 Å². The summed E-state index contributed by atoms with van der Waals surface area (Å²) in [5, 5.41) is 8.72. The van der Waals surface area contributed by atoms with Crippen LogP contribution in [0.2, 0.25) is 5.02 Å². The fraction of sp³-hybridized carbons (Fsp3) is 0.278. The number of aryl methyl sites for hydroxylation is 1. The molecule has 0 aliphatic heterocycles. The Bertz CT molecular complexity index is 947. The maximum absolute atomic E-state index is 12.3. The van der Waals surface area contributed by atoms with E-state index in [0.717, 1.165) is 28.0 Å². The number of nitrogens with zero attached hydrogens (tertiary/aromatic N) is 2. The van der Waals surface area contributed by atoms with Crippen molar-refractivity contribution < 1.29 is 14.3 Å². The molecule has 0 fully saturated rings. The van der Waals surface area contributed by atoms with Gasteiger partial charge >= 0.3 is 5.97 Å². The van der Waals surface area contributed by atoms with E-state index in [0.29, 0.717) is 16.4 Å². The van der Waals surface area contributed by atoms with Gasteiger partial charge in [0.25, 0.3) is 5.91 Å². The van der Waals surface area contributed by atoms with Crippen LogP contribution in [0.1, 0.15) is 28.7 Å². The highest BCUT2D eigenvalue weighted by molar-refractivity contribution is 7.20. The van der Waals surface area contributed by atoms with Gasteiger partial charge in [0.05, 0.1) is 11.4 Å². The lowest BCUT2D eigenvalue weighted by molar-refractivity contribution is -0.124. The number of benzene rings is 1. The quantitative estimate of drug-likeness (QED) is 0.650. The molecule has 3 rings (SSSR count). The van der Waals surface area contributed by atoms with E-state index in [4.69, 9.17) is 16.3 Å². The van der Waals surface area contributed by atoms with Crippen molar-refractivity contribution in [3.05, 3.63) is 45.9 Å². The Morgan fingerprint density at radius 1 is 1.31 bits per heavy atom. The van der Waals surface area contributed by atoms with E-state index >= 15 is 0 Å². The number of carbonyl (C=O) groups excluding carboxylic acids is 2. The van der Waals surface area contributed by atoms with Crippen molar-refractivity contribution in [3.63, 3.8) is 0 Å². The van der Waals surface area contributed by atoms with Crippen LogP contribution in [0, 0.1) is 6.92 Å². The Labute approximate surface area is 159 Å². The van der Waals surface area contributed by atoms with Crippen LogP contribution in [0.5, 0.6) is 0 Å². The van der Waals surface area contributed by atoms with Crippen LogP contribution in [0.15, 0.2) is 30.3 Å². The van der Waals surface area contributed by atoms with Gasteiger partial charge in [0, 0.05) is 17.0 Å². The summed E-state index contributed by atoms with van der Waals surface area (Å²) >= 11 is 7.22. The molecule has 26 heavy (non-hydrogen) atoms. The van der Waals surface area contributed by atoms with Crippen LogP contribution in [0.4, 0.5) is 0 Å². The number of esters is 1. The first-order valence-electron chi connectivity index (χ1n) is 8.18. The maximum Gasteiger partial charge on any atom is 0.348 e. The first kappa shape index (κ1) is 18.4. The molecule has 1 N–H and O–H groups in total. The van der Waals surface area contributed by atoms with Crippen molar-refractivity contribution in [2.24, 2.45) is 0 Å². The van der Waals surface area contributed by atoms with E-state index in [2.05, 4.69) is 10.4 Å². The summed E-state index contributed by atoms with van der Waals surface area (Å²) in [6, 6.07) is 9.06. The molecular weight excluding hydrogens is 374 g/mol. The Balaban J connectivity index is 1.81. The zero-order valence-corrected chi connectivity index (χ0v) is 16.0. The number of rotatable bonds is 6. The third-order valence-corrected chi connectivity index (χ3v) is 5.07. The van der Waals surface area contributed by atoms with Crippen molar-refractivity contribution in [1.82, 2.24) is 15.1 Å². The van der Waals surface area contributed by atoms with Gasteiger partial charge in [-0.3, -0.25) is 4.79 Å². The van der Waals surface area contributed by atoms with Crippen molar-refractivity contribution in [2.75, 3.05) is 13.2 Å². The van der Waals surface area contributed by atoms with Gasteiger partial charge < -0.3 is 10.1 Å². The molecule has 0 saturated heterocycles. The predicted octanol–water partition coefficient (Wildman–Crippen LogP) is 3.73. The lowest BCUT2D eigenvalue weighted by atomic mass is 10.3. The SMILES string of the molecule is CCCNC(=O)COC(=O)c1cc2c(C)nn(-c3ccc(Cl)cc3)c2s1. The maximum atomic E-state index is 12.3. The second kappa shape index (κ2) is 7.88. The summed E-state index contributed by atoms with van der Waals surface area (Å²) in [5.74, 6) is -0.815. The average molecular weight is 392 g/mol. The fourth-order valence-electron chi connectivity index (χ4n) is 2.42. The Morgan fingerprint density at radius 2 is 2.04 bits per heavy atom. The van der Waals surface area contributed by atoms with Gasteiger partial charge in [0.15, 0.2) is 6.61 Å². The number of fused-ring (bicyclic) bond motifs is 1. The second-order valence-corrected chi connectivity index (χ2v) is 7.20. The standard InChI is InChI=1S/C18H18ClN3O3S/c1-3-8-20-16(23)10-25-18(24)15-9-14-11(2)21-22(17(14)26-15)13-6-4-12(19)5-7-13/h4-7,9H,3,8,10H2,1-2H3,(H,20,23). The second-order valence-electron chi connectivity index (χ2n) is 5.73. The molecule has 2 heterocycles. The Morgan fingerprint density at radius 3 is 2.73 bits per heavy atom. The molecular formula is C18H18ClN3O3S. The molecule has 136 valence electrons. The topological polar surface area (TPSA) is 73.2 Å². The van der Waals surface area contributed by atoms with E-state index in [1.54, 1.807) is 22.9 Å². The summed E-state index contributed by atoms with van der Waals surface area (Å²) < 4.78 is 6.87. The smallest absolute Gasteiger partial charge is 0.348 e. The van der Waals surface area contributed by atoms with Crippen molar-refractivity contribution in [3.8, 4) is 5.69 Å². The highest BCUT2D eigenvalue weighted by atomic mass is 35.5. The van der Waals surface area contributed by atoms with Crippen molar-refractivity contribution >= 4 is 45.0 Å². The first-order valence-corrected chi connectivity index (χ1v) is 9.38. The number of amides is 1. The fourth-order valence-corrected chi connectivity index (χ4v) is 3.63. The molecule has 2 aromatic heterocycles. The monoisotopic (exact) mass is 391 g/mol. The van der Waals surface area contributed by atoms with Gasteiger partial charge in [0.2, 0.25) is 0 Å². The van der Waals surface area contributed by atoms with Gasteiger partial charge in [-0.2, -0.15) is 5.10 Å². The molecule has 1 aromatic carbocycles. The lowest BCUT2D eigenvalue weighted by Gasteiger charge is -2.04. The molecule has 3 aromatic rings. The molecule has 0 radical (unpaired) electrons. The van der Waals surface area contributed by atoms with Crippen molar-refractivity contribution in [2.45, 2.75) is 20.3 Å². The third kappa shape index (κ3) is 3.89. The van der Waals surface area contributed by atoms with Crippen LogP contribution in [0.25, 0.3) is 15.9 Å². The van der Waals surface area contributed by atoms with Gasteiger partial charge in [-0.25, -0.2) is 9.48 Å². The predicted molar refractivity (Wildman–Crippen MR) is 102 cm³/mol. The number of halogens is 1. The zero-order chi connectivity index (χ0) is 18.7. The van der Waals surface area contributed by atoms with Crippen LogP contribution < -0.4 is 5.32 Å². The number of aromatic nitrogens is 2.